The summed E-state index contributed by atoms with van der Waals surface area (Å²) in [7, 11) is 1.16. The SMILES string of the molecule is COC(=O)[C@H](CC=O)N(COC(C)=O)C(=O)O[C@H]1C[C@@H](C)CC[C@@H]1C(C)C. The Balaban J connectivity index is 3.00. The predicted octanol–water partition coefficient (Wildman–Crippen LogP) is 2.54. The van der Waals surface area contributed by atoms with Crippen LogP contribution in [0.4, 0.5) is 4.79 Å². The van der Waals surface area contributed by atoms with E-state index in [-0.39, 0.29) is 18.4 Å². The molecule has 0 spiro atoms. The lowest BCUT2D eigenvalue weighted by Gasteiger charge is -2.38. The number of nitrogens with zero attached hydrogens (tertiary/aromatic N) is 1. The normalized spacial score (nSPS) is 23.3. The maximum absolute atomic E-state index is 12.8. The van der Waals surface area contributed by atoms with E-state index >= 15 is 0 Å². The summed E-state index contributed by atoms with van der Waals surface area (Å²) in [6.45, 7) is 6.98. The molecular formula is C19H31NO7. The Labute approximate surface area is 160 Å². The van der Waals surface area contributed by atoms with Gasteiger partial charge in [-0.15, -0.1) is 0 Å². The van der Waals surface area contributed by atoms with Crippen LogP contribution in [-0.2, 0) is 28.6 Å². The van der Waals surface area contributed by atoms with Gasteiger partial charge in [0.1, 0.15) is 18.4 Å². The first-order chi connectivity index (χ1) is 12.7. The Hall–Kier alpha value is -2.12. The van der Waals surface area contributed by atoms with Crippen molar-refractivity contribution in [1.82, 2.24) is 4.90 Å². The van der Waals surface area contributed by atoms with Gasteiger partial charge in [-0.1, -0.05) is 27.2 Å². The Morgan fingerprint density at radius 3 is 2.41 bits per heavy atom. The summed E-state index contributed by atoms with van der Waals surface area (Å²) in [5, 5.41) is 0. The van der Waals surface area contributed by atoms with Crippen molar-refractivity contribution in [2.45, 2.75) is 65.5 Å². The molecule has 0 aliphatic heterocycles. The largest absolute Gasteiger partial charge is 0.467 e. The first kappa shape index (κ1) is 22.9. The molecule has 1 aliphatic rings. The molecule has 0 aromatic heterocycles. The van der Waals surface area contributed by atoms with Crippen LogP contribution >= 0.6 is 0 Å². The molecule has 1 rings (SSSR count). The number of methoxy groups -OCH3 is 1. The van der Waals surface area contributed by atoms with E-state index < -0.39 is 30.8 Å². The number of carbonyl (C=O) groups is 4. The highest BCUT2D eigenvalue weighted by Gasteiger charge is 2.38. The Morgan fingerprint density at radius 2 is 1.89 bits per heavy atom. The number of rotatable bonds is 8. The van der Waals surface area contributed by atoms with Crippen molar-refractivity contribution in [2.75, 3.05) is 13.8 Å². The van der Waals surface area contributed by atoms with Crippen molar-refractivity contribution in [3.63, 3.8) is 0 Å². The third-order valence-electron chi connectivity index (χ3n) is 5.02. The molecular weight excluding hydrogens is 354 g/mol. The van der Waals surface area contributed by atoms with Gasteiger partial charge in [-0.25, -0.2) is 9.59 Å². The molecule has 8 nitrogen and oxygen atoms in total. The zero-order valence-electron chi connectivity index (χ0n) is 16.8. The monoisotopic (exact) mass is 385 g/mol. The number of hydrogen-bond donors (Lipinski definition) is 0. The highest BCUT2D eigenvalue weighted by atomic mass is 16.6. The van der Waals surface area contributed by atoms with Gasteiger partial charge in [0.15, 0.2) is 6.73 Å². The van der Waals surface area contributed by atoms with Crippen LogP contribution in [0.2, 0.25) is 0 Å². The molecule has 0 radical (unpaired) electrons. The van der Waals surface area contributed by atoms with Gasteiger partial charge in [0.2, 0.25) is 0 Å². The van der Waals surface area contributed by atoms with Crippen LogP contribution in [0.25, 0.3) is 0 Å². The fraction of sp³-hybridized carbons (Fsp3) is 0.789. The van der Waals surface area contributed by atoms with Gasteiger partial charge < -0.3 is 19.0 Å². The average molecular weight is 385 g/mol. The molecule has 0 aromatic carbocycles. The molecule has 1 fully saturated rings. The molecule has 0 aromatic rings. The minimum Gasteiger partial charge on any atom is -0.467 e. The second kappa shape index (κ2) is 10.9. The Bertz CT molecular complexity index is 534. The number of ether oxygens (including phenoxy) is 3. The van der Waals surface area contributed by atoms with Crippen molar-refractivity contribution in [1.29, 1.82) is 0 Å². The van der Waals surface area contributed by atoms with E-state index in [0.717, 1.165) is 31.3 Å². The lowest BCUT2D eigenvalue weighted by atomic mass is 9.75. The molecule has 4 atom stereocenters. The van der Waals surface area contributed by atoms with Crippen LogP contribution in [0, 0.1) is 17.8 Å². The smallest absolute Gasteiger partial charge is 0.413 e. The highest BCUT2D eigenvalue weighted by molar-refractivity contribution is 5.83. The molecule has 1 saturated carbocycles. The minimum absolute atomic E-state index is 0.211. The number of carbonyl (C=O) groups excluding carboxylic acids is 4. The highest BCUT2D eigenvalue weighted by Crippen LogP contribution is 2.35. The van der Waals surface area contributed by atoms with Gasteiger partial charge in [-0.3, -0.25) is 9.69 Å². The molecule has 0 heterocycles. The second-order valence-corrected chi connectivity index (χ2v) is 7.42. The first-order valence-electron chi connectivity index (χ1n) is 9.33. The molecule has 8 heteroatoms. The van der Waals surface area contributed by atoms with E-state index in [9.17, 15) is 19.2 Å². The summed E-state index contributed by atoms with van der Waals surface area (Å²) in [6.07, 6.45) is 1.90. The van der Waals surface area contributed by atoms with Crippen LogP contribution in [0.15, 0.2) is 0 Å². The van der Waals surface area contributed by atoms with Gasteiger partial charge >= 0.3 is 18.0 Å². The third-order valence-corrected chi connectivity index (χ3v) is 5.02. The van der Waals surface area contributed by atoms with E-state index in [1.165, 1.54) is 6.92 Å². The lowest BCUT2D eigenvalue weighted by Crippen LogP contribution is -2.49. The summed E-state index contributed by atoms with van der Waals surface area (Å²) in [5.41, 5.74) is 0. The van der Waals surface area contributed by atoms with Crippen LogP contribution in [0.1, 0.15) is 53.4 Å². The van der Waals surface area contributed by atoms with Crippen LogP contribution in [0.3, 0.4) is 0 Å². The van der Waals surface area contributed by atoms with Crippen molar-refractivity contribution in [3.05, 3.63) is 0 Å². The number of aldehydes is 1. The molecule has 0 N–H and O–H groups in total. The van der Waals surface area contributed by atoms with Gasteiger partial charge in [0.25, 0.3) is 0 Å². The summed E-state index contributed by atoms with van der Waals surface area (Å²) in [6, 6.07) is -1.21. The summed E-state index contributed by atoms with van der Waals surface area (Å²) < 4.78 is 15.3. The first-order valence-corrected chi connectivity index (χ1v) is 9.33. The average Bonchev–Trinajstić information content (AvgIpc) is 2.59. The van der Waals surface area contributed by atoms with Crippen molar-refractivity contribution in [3.8, 4) is 0 Å². The summed E-state index contributed by atoms with van der Waals surface area (Å²) >= 11 is 0. The van der Waals surface area contributed by atoms with Crippen LogP contribution < -0.4 is 0 Å². The number of hydrogen-bond acceptors (Lipinski definition) is 7. The number of amides is 1. The zero-order valence-corrected chi connectivity index (χ0v) is 16.8. The number of esters is 2. The van der Waals surface area contributed by atoms with E-state index in [2.05, 4.69) is 25.5 Å². The van der Waals surface area contributed by atoms with Crippen molar-refractivity contribution in [2.24, 2.45) is 17.8 Å². The maximum atomic E-state index is 12.8. The minimum atomic E-state index is -1.21. The quantitative estimate of drug-likeness (QED) is 0.274. The molecule has 0 unspecified atom stereocenters. The van der Waals surface area contributed by atoms with Crippen LogP contribution in [0.5, 0.6) is 0 Å². The van der Waals surface area contributed by atoms with E-state index in [0.29, 0.717) is 18.1 Å². The van der Waals surface area contributed by atoms with E-state index in [1.807, 2.05) is 0 Å². The summed E-state index contributed by atoms with van der Waals surface area (Å²) in [5.74, 6) is -0.421. The molecule has 0 bridgehead atoms. The second-order valence-electron chi connectivity index (χ2n) is 7.42. The van der Waals surface area contributed by atoms with Crippen LogP contribution in [-0.4, -0.2) is 55.2 Å². The zero-order chi connectivity index (χ0) is 20.6. The molecule has 0 saturated heterocycles. The predicted molar refractivity (Wildman–Crippen MR) is 96.6 cm³/mol. The van der Waals surface area contributed by atoms with Gasteiger partial charge in [0, 0.05) is 13.3 Å². The molecule has 1 aliphatic carbocycles. The van der Waals surface area contributed by atoms with E-state index in [1.54, 1.807) is 0 Å². The van der Waals surface area contributed by atoms with Gasteiger partial charge in [0.05, 0.1) is 7.11 Å². The topological polar surface area (TPSA) is 99.2 Å². The fourth-order valence-corrected chi connectivity index (χ4v) is 3.46. The Kier molecular flexibility index (Phi) is 9.25. The lowest BCUT2D eigenvalue weighted by molar-refractivity contribution is -0.156. The van der Waals surface area contributed by atoms with Gasteiger partial charge in [-0.2, -0.15) is 0 Å². The van der Waals surface area contributed by atoms with Crippen molar-refractivity contribution >= 4 is 24.3 Å². The molecule has 1 amide bonds. The third kappa shape index (κ3) is 6.84. The van der Waals surface area contributed by atoms with E-state index in [4.69, 9.17) is 9.47 Å². The standard InChI is InChI=1S/C19H31NO7/c1-12(2)15-7-6-13(3)10-17(15)27-19(24)20(11-26-14(4)22)16(8-9-21)18(23)25-5/h9,12-13,15-17H,6-8,10-11H2,1-5H3/t13-,15+,16-,17-/m0/s1. The molecule has 27 heavy (non-hydrogen) atoms. The Morgan fingerprint density at radius 1 is 1.22 bits per heavy atom. The maximum Gasteiger partial charge on any atom is 0.413 e. The summed E-state index contributed by atoms with van der Waals surface area (Å²) in [4.78, 5) is 48.0. The van der Waals surface area contributed by atoms with Gasteiger partial charge in [-0.05, 0) is 30.6 Å². The fourth-order valence-electron chi connectivity index (χ4n) is 3.46. The van der Waals surface area contributed by atoms with Crippen molar-refractivity contribution < 1.29 is 33.4 Å². The molecule has 154 valence electrons.